The number of hydrogen-bond donors (Lipinski definition) is 1. The molecule has 2 N–H and O–H groups in total. The summed E-state index contributed by atoms with van der Waals surface area (Å²) in [6.07, 6.45) is 2.00. The Labute approximate surface area is 116 Å². The summed E-state index contributed by atoms with van der Waals surface area (Å²) in [4.78, 5) is 1.29. The number of ether oxygens (including phenoxy) is 1. The highest BCUT2D eigenvalue weighted by atomic mass is 79.9. The smallest absolute Gasteiger partial charge is 0.0470 e. The van der Waals surface area contributed by atoms with E-state index in [2.05, 4.69) is 34.1 Å². The van der Waals surface area contributed by atoms with Crippen molar-refractivity contribution < 1.29 is 4.74 Å². The molecule has 1 rings (SSSR count). The first-order valence-corrected chi connectivity index (χ1v) is 7.57. The molecular weight excluding hydrogens is 298 g/mol. The van der Waals surface area contributed by atoms with E-state index in [1.54, 1.807) is 7.11 Å². The maximum atomic E-state index is 5.79. The predicted molar refractivity (Wildman–Crippen MR) is 78.7 cm³/mol. The first-order chi connectivity index (χ1) is 8.13. The van der Waals surface area contributed by atoms with Gasteiger partial charge in [0.25, 0.3) is 0 Å². The maximum Gasteiger partial charge on any atom is 0.0470 e. The molecule has 0 saturated carbocycles. The third-order valence-electron chi connectivity index (χ3n) is 2.30. The van der Waals surface area contributed by atoms with Crippen molar-refractivity contribution in [3.63, 3.8) is 0 Å². The summed E-state index contributed by atoms with van der Waals surface area (Å²) in [6.45, 7) is 2.86. The highest BCUT2D eigenvalue weighted by Crippen LogP contribution is 2.29. The van der Waals surface area contributed by atoms with Gasteiger partial charge in [-0.2, -0.15) is 0 Å². The zero-order valence-electron chi connectivity index (χ0n) is 10.4. The van der Waals surface area contributed by atoms with Crippen molar-refractivity contribution in [3.8, 4) is 0 Å². The highest BCUT2D eigenvalue weighted by Gasteiger charge is 2.04. The molecule has 0 heterocycles. The lowest BCUT2D eigenvalue weighted by molar-refractivity contribution is 0.200. The second-order valence-electron chi connectivity index (χ2n) is 4.14. The van der Waals surface area contributed by atoms with Crippen LogP contribution in [0.25, 0.3) is 0 Å². The minimum atomic E-state index is 0.210. The predicted octanol–water partition coefficient (Wildman–Crippen LogP) is 3.47. The monoisotopic (exact) mass is 317 g/mol. The Morgan fingerprint density at radius 3 is 2.82 bits per heavy atom. The molecule has 1 unspecified atom stereocenters. The van der Waals surface area contributed by atoms with Crippen molar-refractivity contribution in [2.24, 2.45) is 5.73 Å². The molecule has 0 fully saturated rings. The summed E-state index contributed by atoms with van der Waals surface area (Å²) >= 11 is 5.47. The van der Waals surface area contributed by atoms with Crippen molar-refractivity contribution >= 4 is 27.7 Å². The number of rotatable bonds is 7. The molecule has 0 radical (unpaired) electrons. The molecule has 96 valence electrons. The quantitative estimate of drug-likeness (QED) is 0.618. The van der Waals surface area contributed by atoms with E-state index in [0.717, 1.165) is 29.7 Å². The van der Waals surface area contributed by atoms with E-state index in [1.165, 1.54) is 10.5 Å². The van der Waals surface area contributed by atoms with Gasteiger partial charge in [-0.05, 0) is 53.4 Å². The molecule has 0 spiro atoms. The van der Waals surface area contributed by atoms with E-state index in [0.29, 0.717) is 0 Å². The van der Waals surface area contributed by atoms with Gasteiger partial charge in [-0.1, -0.05) is 6.07 Å². The standard InChI is InChI=1S/C13H20BrNOS/c1-10(15)8-11-4-5-13(12(14)9-11)17-7-3-6-16-2/h4-5,9-10H,3,6-8,15H2,1-2H3. The molecule has 17 heavy (non-hydrogen) atoms. The largest absolute Gasteiger partial charge is 0.385 e. The van der Waals surface area contributed by atoms with Gasteiger partial charge in [-0.15, -0.1) is 11.8 Å². The molecule has 0 aliphatic heterocycles. The molecule has 0 aliphatic carbocycles. The number of thioether (sulfide) groups is 1. The molecule has 4 heteroatoms. The fourth-order valence-corrected chi connectivity index (χ4v) is 3.16. The van der Waals surface area contributed by atoms with Crippen LogP contribution in [0, 0.1) is 0 Å². The zero-order valence-corrected chi connectivity index (χ0v) is 12.8. The first kappa shape index (κ1) is 15.0. The molecule has 0 aromatic heterocycles. The summed E-state index contributed by atoms with van der Waals surface area (Å²) in [5.74, 6) is 1.08. The van der Waals surface area contributed by atoms with Crippen LogP contribution in [0.5, 0.6) is 0 Å². The van der Waals surface area contributed by atoms with Gasteiger partial charge in [0.15, 0.2) is 0 Å². The summed E-state index contributed by atoms with van der Waals surface area (Å²) in [5, 5.41) is 0. The molecule has 0 aliphatic rings. The number of halogens is 1. The van der Waals surface area contributed by atoms with Crippen LogP contribution in [0.2, 0.25) is 0 Å². The van der Waals surface area contributed by atoms with Crippen molar-refractivity contribution in [2.45, 2.75) is 30.7 Å². The third-order valence-corrected chi connectivity index (χ3v) is 4.38. The molecule has 0 amide bonds. The number of methoxy groups -OCH3 is 1. The van der Waals surface area contributed by atoms with Gasteiger partial charge >= 0.3 is 0 Å². The average molecular weight is 318 g/mol. The van der Waals surface area contributed by atoms with E-state index >= 15 is 0 Å². The lowest BCUT2D eigenvalue weighted by Gasteiger charge is -2.09. The van der Waals surface area contributed by atoms with Crippen LogP contribution in [0.1, 0.15) is 18.9 Å². The molecule has 1 aromatic rings. The molecule has 1 atom stereocenters. The molecule has 0 bridgehead atoms. The van der Waals surface area contributed by atoms with Gasteiger partial charge in [0.2, 0.25) is 0 Å². The molecular formula is C13H20BrNOS. The van der Waals surface area contributed by atoms with Gasteiger partial charge < -0.3 is 10.5 Å². The van der Waals surface area contributed by atoms with Crippen LogP contribution in [0.15, 0.2) is 27.6 Å². The van der Waals surface area contributed by atoms with Gasteiger partial charge in [0.05, 0.1) is 0 Å². The zero-order chi connectivity index (χ0) is 12.7. The summed E-state index contributed by atoms with van der Waals surface area (Å²) in [6, 6.07) is 6.70. The molecule has 1 aromatic carbocycles. The summed E-state index contributed by atoms with van der Waals surface area (Å²) in [5.41, 5.74) is 7.08. The lowest BCUT2D eigenvalue weighted by Crippen LogP contribution is -2.17. The Morgan fingerprint density at radius 1 is 1.47 bits per heavy atom. The van der Waals surface area contributed by atoms with Gasteiger partial charge in [-0.3, -0.25) is 0 Å². The van der Waals surface area contributed by atoms with Crippen molar-refractivity contribution in [1.82, 2.24) is 0 Å². The second-order valence-corrected chi connectivity index (χ2v) is 6.13. The van der Waals surface area contributed by atoms with Crippen LogP contribution < -0.4 is 5.73 Å². The Balaban J connectivity index is 2.51. The third kappa shape index (κ3) is 5.91. The van der Waals surface area contributed by atoms with Crippen LogP contribution in [-0.2, 0) is 11.2 Å². The van der Waals surface area contributed by atoms with Crippen molar-refractivity contribution in [3.05, 3.63) is 28.2 Å². The van der Waals surface area contributed by atoms with Crippen LogP contribution in [0.4, 0.5) is 0 Å². The Bertz CT molecular complexity index is 344. The molecule has 0 saturated heterocycles. The summed E-state index contributed by atoms with van der Waals surface area (Å²) < 4.78 is 6.20. The highest BCUT2D eigenvalue weighted by molar-refractivity contribution is 9.10. The van der Waals surface area contributed by atoms with Crippen LogP contribution >= 0.6 is 27.7 Å². The Kier molecular flexibility index (Phi) is 7.19. The topological polar surface area (TPSA) is 35.2 Å². The number of nitrogens with two attached hydrogens (primary N) is 1. The van der Waals surface area contributed by atoms with Crippen molar-refractivity contribution in [2.75, 3.05) is 19.5 Å². The lowest BCUT2D eigenvalue weighted by atomic mass is 10.1. The normalized spacial score (nSPS) is 12.7. The van der Waals surface area contributed by atoms with E-state index in [1.807, 2.05) is 18.7 Å². The van der Waals surface area contributed by atoms with E-state index in [4.69, 9.17) is 10.5 Å². The second kappa shape index (κ2) is 8.14. The minimum Gasteiger partial charge on any atom is -0.385 e. The summed E-state index contributed by atoms with van der Waals surface area (Å²) in [7, 11) is 1.74. The van der Waals surface area contributed by atoms with Gasteiger partial charge in [0, 0.05) is 34.9 Å². The van der Waals surface area contributed by atoms with E-state index in [9.17, 15) is 0 Å². The van der Waals surface area contributed by atoms with Gasteiger partial charge in [0.1, 0.15) is 0 Å². The van der Waals surface area contributed by atoms with Crippen molar-refractivity contribution in [1.29, 1.82) is 0 Å². The van der Waals surface area contributed by atoms with E-state index in [-0.39, 0.29) is 6.04 Å². The fraction of sp³-hybridized carbons (Fsp3) is 0.538. The first-order valence-electron chi connectivity index (χ1n) is 5.79. The number of hydrogen-bond acceptors (Lipinski definition) is 3. The van der Waals surface area contributed by atoms with Gasteiger partial charge in [-0.25, -0.2) is 0 Å². The Hall–Kier alpha value is -0.0300. The Morgan fingerprint density at radius 2 is 2.24 bits per heavy atom. The SMILES string of the molecule is COCCCSc1ccc(CC(C)N)cc1Br. The van der Waals surface area contributed by atoms with Crippen LogP contribution in [-0.4, -0.2) is 25.5 Å². The van der Waals surface area contributed by atoms with Crippen LogP contribution in [0.3, 0.4) is 0 Å². The molecule has 2 nitrogen and oxygen atoms in total. The van der Waals surface area contributed by atoms with E-state index < -0.39 is 0 Å². The fourth-order valence-electron chi connectivity index (χ4n) is 1.55. The minimum absolute atomic E-state index is 0.210. The average Bonchev–Trinajstić information content (AvgIpc) is 2.26. The maximum absolute atomic E-state index is 5.79. The number of benzene rings is 1.